The number of hydrogen-bond donors (Lipinski definition) is 1. The molecule has 4 rings (SSSR count). The average Bonchev–Trinajstić information content (AvgIpc) is 3.22. The van der Waals surface area contributed by atoms with E-state index in [9.17, 15) is 4.79 Å². The van der Waals surface area contributed by atoms with Crippen molar-refractivity contribution < 1.29 is 9.53 Å². The highest BCUT2D eigenvalue weighted by atomic mass is 16.6. The molecule has 0 radical (unpaired) electrons. The highest BCUT2D eigenvalue weighted by Crippen LogP contribution is 2.32. The Kier molecular flexibility index (Phi) is 4.58. The number of benzene rings is 2. The normalized spacial score (nSPS) is 16.2. The first-order valence-corrected chi connectivity index (χ1v) is 9.78. The summed E-state index contributed by atoms with van der Waals surface area (Å²) in [6.45, 7) is 7.90. The molecule has 1 aliphatic carbocycles. The van der Waals surface area contributed by atoms with Crippen molar-refractivity contribution >= 4 is 11.8 Å². The summed E-state index contributed by atoms with van der Waals surface area (Å²) in [5.74, 6) is 0.626. The molecule has 1 heterocycles. The standard InChI is InChI=1S/C23H28N2O2/c1-23(2,3)27-22(26)25-14-19-9-6-10-21(20(19)15-25)24-13-16-11-17-7-4-5-8-18(17)12-16/h4-10,16,24H,11-15H2,1-3H3. The van der Waals surface area contributed by atoms with Gasteiger partial charge in [-0.05, 0) is 67.9 Å². The molecular formula is C23H28N2O2. The predicted octanol–water partition coefficient (Wildman–Crippen LogP) is 4.76. The third kappa shape index (κ3) is 3.95. The van der Waals surface area contributed by atoms with Crippen LogP contribution >= 0.6 is 0 Å². The minimum Gasteiger partial charge on any atom is -0.444 e. The van der Waals surface area contributed by atoms with Gasteiger partial charge in [0.2, 0.25) is 0 Å². The van der Waals surface area contributed by atoms with Gasteiger partial charge in [-0.25, -0.2) is 4.79 Å². The van der Waals surface area contributed by atoms with E-state index in [-0.39, 0.29) is 6.09 Å². The van der Waals surface area contributed by atoms with Crippen LogP contribution in [-0.4, -0.2) is 23.1 Å². The molecule has 0 saturated carbocycles. The Balaban J connectivity index is 1.40. The first-order valence-electron chi connectivity index (χ1n) is 9.78. The Morgan fingerprint density at radius 2 is 1.70 bits per heavy atom. The quantitative estimate of drug-likeness (QED) is 0.853. The van der Waals surface area contributed by atoms with Gasteiger partial charge in [-0.2, -0.15) is 0 Å². The third-order valence-corrected chi connectivity index (χ3v) is 5.35. The van der Waals surface area contributed by atoms with Crippen LogP contribution in [-0.2, 0) is 30.7 Å². The molecule has 142 valence electrons. The van der Waals surface area contributed by atoms with Gasteiger partial charge in [0.1, 0.15) is 5.60 Å². The lowest BCUT2D eigenvalue weighted by atomic mass is 10.0. The zero-order chi connectivity index (χ0) is 19.0. The van der Waals surface area contributed by atoms with E-state index in [2.05, 4.69) is 47.8 Å². The van der Waals surface area contributed by atoms with Gasteiger partial charge in [-0.15, -0.1) is 0 Å². The lowest BCUT2D eigenvalue weighted by Gasteiger charge is -2.24. The van der Waals surface area contributed by atoms with Crippen LogP contribution < -0.4 is 5.32 Å². The first-order chi connectivity index (χ1) is 12.9. The molecule has 0 saturated heterocycles. The molecule has 0 unspecified atom stereocenters. The molecule has 4 heteroatoms. The molecule has 1 amide bonds. The highest BCUT2D eigenvalue weighted by molar-refractivity contribution is 5.71. The van der Waals surface area contributed by atoms with Gasteiger partial charge in [0.15, 0.2) is 0 Å². The van der Waals surface area contributed by atoms with Crippen LogP contribution in [0.2, 0.25) is 0 Å². The van der Waals surface area contributed by atoms with Crippen molar-refractivity contribution in [2.45, 2.75) is 52.3 Å². The van der Waals surface area contributed by atoms with Crippen molar-refractivity contribution in [1.29, 1.82) is 0 Å². The molecule has 4 nitrogen and oxygen atoms in total. The second-order valence-electron chi connectivity index (χ2n) is 8.70. The fraction of sp³-hybridized carbons (Fsp3) is 0.435. The summed E-state index contributed by atoms with van der Waals surface area (Å²) in [4.78, 5) is 14.2. The van der Waals surface area contributed by atoms with E-state index < -0.39 is 5.60 Å². The summed E-state index contributed by atoms with van der Waals surface area (Å²) < 4.78 is 5.54. The van der Waals surface area contributed by atoms with Crippen LogP contribution in [0.25, 0.3) is 0 Å². The van der Waals surface area contributed by atoms with Crippen molar-refractivity contribution in [2.24, 2.45) is 5.92 Å². The molecule has 1 N–H and O–H groups in total. The predicted molar refractivity (Wildman–Crippen MR) is 108 cm³/mol. The summed E-state index contributed by atoms with van der Waals surface area (Å²) >= 11 is 0. The van der Waals surface area contributed by atoms with E-state index in [4.69, 9.17) is 4.74 Å². The number of ether oxygens (including phenoxy) is 1. The van der Waals surface area contributed by atoms with Gasteiger partial charge < -0.3 is 10.1 Å². The maximum atomic E-state index is 12.4. The minimum atomic E-state index is -0.468. The summed E-state index contributed by atoms with van der Waals surface area (Å²) in [5.41, 5.74) is 6.08. The highest BCUT2D eigenvalue weighted by Gasteiger charge is 2.29. The van der Waals surface area contributed by atoms with Gasteiger partial charge in [0.25, 0.3) is 0 Å². The zero-order valence-corrected chi connectivity index (χ0v) is 16.4. The van der Waals surface area contributed by atoms with Crippen LogP contribution in [0.3, 0.4) is 0 Å². The lowest BCUT2D eigenvalue weighted by Crippen LogP contribution is -2.33. The Hall–Kier alpha value is -2.49. The fourth-order valence-electron chi connectivity index (χ4n) is 4.09. The smallest absolute Gasteiger partial charge is 0.410 e. The maximum Gasteiger partial charge on any atom is 0.410 e. The number of amides is 1. The Morgan fingerprint density at radius 3 is 2.37 bits per heavy atom. The molecule has 0 atom stereocenters. The van der Waals surface area contributed by atoms with E-state index in [1.54, 1.807) is 4.90 Å². The molecule has 2 aromatic carbocycles. The van der Waals surface area contributed by atoms with Gasteiger partial charge in [-0.1, -0.05) is 36.4 Å². The van der Waals surface area contributed by atoms with E-state index in [1.807, 2.05) is 20.8 Å². The molecule has 0 aromatic heterocycles. The van der Waals surface area contributed by atoms with E-state index in [0.29, 0.717) is 19.0 Å². The molecule has 1 aliphatic heterocycles. The summed E-state index contributed by atoms with van der Waals surface area (Å²) in [6, 6.07) is 15.1. The van der Waals surface area contributed by atoms with Crippen LogP contribution in [0.4, 0.5) is 10.5 Å². The van der Waals surface area contributed by atoms with Crippen molar-refractivity contribution in [3.63, 3.8) is 0 Å². The third-order valence-electron chi connectivity index (χ3n) is 5.35. The Bertz CT molecular complexity index is 829. The van der Waals surface area contributed by atoms with Crippen LogP contribution in [0.5, 0.6) is 0 Å². The zero-order valence-electron chi connectivity index (χ0n) is 16.4. The molecular weight excluding hydrogens is 336 g/mol. The van der Waals surface area contributed by atoms with E-state index in [1.165, 1.54) is 22.3 Å². The van der Waals surface area contributed by atoms with Crippen molar-refractivity contribution in [3.05, 3.63) is 64.7 Å². The second-order valence-corrected chi connectivity index (χ2v) is 8.70. The van der Waals surface area contributed by atoms with Crippen LogP contribution in [0.15, 0.2) is 42.5 Å². The van der Waals surface area contributed by atoms with Gasteiger partial charge in [0.05, 0.1) is 6.54 Å². The topological polar surface area (TPSA) is 41.6 Å². The molecule has 27 heavy (non-hydrogen) atoms. The molecule has 0 spiro atoms. The lowest BCUT2D eigenvalue weighted by molar-refractivity contribution is 0.0242. The van der Waals surface area contributed by atoms with E-state index >= 15 is 0 Å². The number of rotatable bonds is 3. The number of carbonyl (C=O) groups is 1. The number of nitrogens with one attached hydrogen (secondary N) is 1. The average molecular weight is 364 g/mol. The number of nitrogens with zero attached hydrogens (tertiary/aromatic N) is 1. The Labute approximate surface area is 161 Å². The van der Waals surface area contributed by atoms with Crippen molar-refractivity contribution in [2.75, 3.05) is 11.9 Å². The monoisotopic (exact) mass is 364 g/mol. The maximum absolute atomic E-state index is 12.4. The van der Waals surface area contributed by atoms with Gasteiger partial charge in [0, 0.05) is 18.8 Å². The number of anilines is 1. The Morgan fingerprint density at radius 1 is 1.04 bits per heavy atom. The molecule has 2 aliphatic rings. The summed E-state index contributed by atoms with van der Waals surface area (Å²) in [6.07, 6.45) is 2.04. The molecule has 2 aromatic rings. The number of fused-ring (bicyclic) bond motifs is 2. The van der Waals surface area contributed by atoms with Crippen molar-refractivity contribution in [3.8, 4) is 0 Å². The van der Waals surface area contributed by atoms with E-state index in [0.717, 1.165) is 25.1 Å². The largest absolute Gasteiger partial charge is 0.444 e. The summed E-state index contributed by atoms with van der Waals surface area (Å²) in [5, 5.41) is 3.65. The molecule has 0 bridgehead atoms. The molecule has 0 fully saturated rings. The fourth-order valence-corrected chi connectivity index (χ4v) is 4.09. The van der Waals surface area contributed by atoms with Crippen molar-refractivity contribution in [1.82, 2.24) is 4.90 Å². The number of carbonyl (C=O) groups excluding carboxylic acids is 1. The van der Waals surface area contributed by atoms with Gasteiger partial charge >= 0.3 is 6.09 Å². The van der Waals surface area contributed by atoms with Gasteiger partial charge in [-0.3, -0.25) is 4.90 Å². The van der Waals surface area contributed by atoms with Crippen LogP contribution in [0.1, 0.15) is 43.0 Å². The SMILES string of the molecule is CC(C)(C)OC(=O)N1Cc2cccc(NCC3Cc4ccccc4C3)c2C1. The minimum absolute atomic E-state index is 0.240. The summed E-state index contributed by atoms with van der Waals surface area (Å²) in [7, 11) is 0. The number of hydrogen-bond acceptors (Lipinski definition) is 3. The first kappa shape index (κ1) is 17.9. The van der Waals surface area contributed by atoms with Crippen LogP contribution in [0, 0.1) is 5.92 Å². The second kappa shape index (κ2) is 6.91.